The van der Waals surface area contributed by atoms with E-state index in [1.54, 1.807) is 6.92 Å². The van der Waals surface area contributed by atoms with Crippen LogP contribution < -0.4 is 0 Å². The summed E-state index contributed by atoms with van der Waals surface area (Å²) in [6.45, 7) is 5.26. The van der Waals surface area contributed by atoms with Gasteiger partial charge in [-0.3, -0.25) is 4.79 Å². The summed E-state index contributed by atoms with van der Waals surface area (Å²) in [7, 11) is 0. The molecule has 2 N–H and O–H groups in total. The molecule has 0 rings (SSSR count). The number of aliphatic hydroxyl groups excluding tert-OH is 1. The Morgan fingerprint density at radius 2 is 1.67 bits per heavy atom. The predicted octanol–water partition coefficient (Wildman–Crippen LogP) is 1.46. The first-order valence-electron chi connectivity index (χ1n) is 4.37. The first kappa shape index (κ1) is 18.8. The summed E-state index contributed by atoms with van der Waals surface area (Å²) in [5, 5.41) is 15.0. The van der Waals surface area contributed by atoms with Gasteiger partial charge in [-0.15, -0.1) is 0 Å². The van der Waals surface area contributed by atoms with Gasteiger partial charge in [0.05, 0.1) is 0 Å². The van der Waals surface area contributed by atoms with E-state index in [1.807, 2.05) is 0 Å². The minimum absolute atomic E-state index is 0.250. The van der Waals surface area contributed by atoms with Crippen LogP contribution in [0.3, 0.4) is 0 Å². The van der Waals surface area contributed by atoms with Crippen molar-refractivity contribution in [2.75, 3.05) is 6.61 Å². The van der Waals surface area contributed by atoms with Gasteiger partial charge < -0.3 is 10.2 Å². The smallest absolute Gasteiger partial charge is 0.0402 e. The third kappa shape index (κ3) is 119. The normalized spacial score (nSPS) is 7.17. The standard InChI is InChI=1S/C4H9.C2H4O2.C2H6O.K/c1-3-4-2;1-2(3)4;1-2-3;/h1,3-4H2,2H3;1H3,(H,3,4);3H,2H2,1H3;. The maximum atomic E-state index is 9.00. The summed E-state index contributed by atoms with van der Waals surface area (Å²) in [5.41, 5.74) is 0. The van der Waals surface area contributed by atoms with E-state index in [4.69, 9.17) is 15.0 Å². The molecule has 0 aromatic rings. The van der Waals surface area contributed by atoms with Gasteiger partial charge in [-0.1, -0.05) is 0 Å². The zero-order chi connectivity index (χ0) is 10.4. The number of hydrogen-bond acceptors (Lipinski definition) is 2. The van der Waals surface area contributed by atoms with Gasteiger partial charge in [-0.2, -0.15) is 0 Å². The average molecular weight is 202 g/mol. The topological polar surface area (TPSA) is 57.5 Å². The van der Waals surface area contributed by atoms with E-state index < -0.39 is 5.97 Å². The molecule has 0 radical (unpaired) electrons. The third-order valence-electron chi connectivity index (χ3n) is 0.707. The maximum absolute atomic E-state index is 9.00. The number of carboxylic acid groups (broad SMARTS) is 1. The van der Waals surface area contributed by atoms with Crippen molar-refractivity contribution >= 4 is 54.9 Å². The van der Waals surface area contributed by atoms with Crippen LogP contribution >= 0.6 is 0 Å². The Kier molecular flexibility index (Phi) is 35.5. The number of unbranched alkanes of at least 4 members (excludes halogenated alkanes) is 1. The molecule has 0 amide bonds. The van der Waals surface area contributed by atoms with E-state index in [0.29, 0.717) is 0 Å². The van der Waals surface area contributed by atoms with Crippen LogP contribution in [0.1, 0.15) is 33.6 Å². The van der Waals surface area contributed by atoms with Gasteiger partial charge in [0, 0.05) is 13.5 Å². The van der Waals surface area contributed by atoms with Crippen LogP contribution in [-0.4, -0.2) is 71.7 Å². The van der Waals surface area contributed by atoms with Gasteiger partial charge in [-0.05, 0) is 6.92 Å². The summed E-state index contributed by atoms with van der Waals surface area (Å²) in [5.74, 6) is -0.833. The SMILES string of the molecule is CC(=O)O.CCC[CH2][K].CCO. The number of carboxylic acids is 1. The van der Waals surface area contributed by atoms with E-state index >= 15 is 0 Å². The second-order valence-electron chi connectivity index (χ2n) is 2.19. The van der Waals surface area contributed by atoms with Crippen molar-refractivity contribution in [2.24, 2.45) is 0 Å². The summed E-state index contributed by atoms with van der Waals surface area (Å²) in [4.78, 5) is 9.00. The van der Waals surface area contributed by atoms with Gasteiger partial charge in [0.1, 0.15) is 0 Å². The minimum Gasteiger partial charge on any atom is -0.397 e. The second-order valence-corrected chi connectivity index (χ2v) is 3.75. The first-order chi connectivity index (χ1) is 5.56. The van der Waals surface area contributed by atoms with Crippen LogP contribution in [0.5, 0.6) is 0 Å². The molecule has 0 spiro atoms. The molecule has 0 atom stereocenters. The number of aliphatic carboxylic acids is 1. The van der Waals surface area contributed by atoms with Crippen molar-refractivity contribution < 1.29 is 15.0 Å². The van der Waals surface area contributed by atoms with Crippen LogP contribution in [0.25, 0.3) is 0 Å². The van der Waals surface area contributed by atoms with Crippen molar-refractivity contribution in [3.8, 4) is 0 Å². The van der Waals surface area contributed by atoms with Crippen molar-refractivity contribution in [3.05, 3.63) is 0 Å². The Morgan fingerprint density at radius 1 is 1.42 bits per heavy atom. The Hall–Kier alpha value is 1.07. The number of rotatable bonds is 2. The molecule has 70 valence electrons. The molecular formula is C8H19KO3. The molecule has 0 fully saturated rings. The fourth-order valence-electron chi connectivity index (χ4n) is 0.354. The van der Waals surface area contributed by atoms with Crippen molar-refractivity contribution in [1.82, 2.24) is 0 Å². The third-order valence-corrected chi connectivity index (χ3v) is 1.81. The fourth-order valence-corrected chi connectivity index (χ4v) is 1.46. The Bertz CT molecular complexity index is 70.7. The molecule has 0 saturated heterocycles. The predicted molar refractivity (Wildman–Crippen MR) is 51.5 cm³/mol. The molecule has 0 unspecified atom stereocenters. The second kappa shape index (κ2) is 22.7. The molecular weight excluding hydrogens is 183 g/mol. The zero-order valence-corrected chi connectivity index (χ0v) is 11.8. The monoisotopic (exact) mass is 202 g/mol. The van der Waals surface area contributed by atoms with Gasteiger partial charge in [-0.25, -0.2) is 0 Å². The molecule has 0 aliphatic rings. The molecule has 3 nitrogen and oxygen atoms in total. The van der Waals surface area contributed by atoms with Crippen LogP contribution in [-0.2, 0) is 4.79 Å². The summed E-state index contributed by atoms with van der Waals surface area (Å²) >= 11 is 1.11. The van der Waals surface area contributed by atoms with Gasteiger partial charge >= 0.3 is 69.2 Å². The molecule has 0 aromatic carbocycles. The molecule has 0 aliphatic carbocycles. The molecule has 0 aromatic heterocycles. The molecule has 4 heteroatoms. The largest absolute Gasteiger partial charge is 0.397 e. The van der Waals surface area contributed by atoms with E-state index in [2.05, 4.69) is 6.92 Å². The van der Waals surface area contributed by atoms with Crippen LogP contribution in [0.2, 0.25) is 0.515 Å². The average Bonchev–Trinajstić information content (AvgIpc) is 1.89. The molecule has 0 aliphatic heterocycles. The van der Waals surface area contributed by atoms with Crippen LogP contribution in [0.4, 0.5) is 0 Å². The van der Waals surface area contributed by atoms with Crippen LogP contribution in [0.15, 0.2) is 0 Å². The summed E-state index contributed by atoms with van der Waals surface area (Å²) < 4.78 is 1.53. The molecule has 0 heterocycles. The van der Waals surface area contributed by atoms with Crippen molar-refractivity contribution in [2.45, 2.75) is 34.1 Å². The van der Waals surface area contributed by atoms with Gasteiger partial charge in [0.2, 0.25) is 0 Å². The van der Waals surface area contributed by atoms with Gasteiger partial charge in [0.15, 0.2) is 0 Å². The van der Waals surface area contributed by atoms with Gasteiger partial charge in [0.25, 0.3) is 5.97 Å². The summed E-state index contributed by atoms with van der Waals surface area (Å²) in [6.07, 6.45) is 2.86. The number of hydrogen-bond donors (Lipinski definition) is 2. The Labute approximate surface area is 109 Å². The van der Waals surface area contributed by atoms with E-state index in [9.17, 15) is 0 Å². The van der Waals surface area contributed by atoms with Crippen molar-refractivity contribution in [1.29, 1.82) is 0 Å². The van der Waals surface area contributed by atoms with E-state index in [1.165, 1.54) is 13.4 Å². The number of aliphatic hydroxyl groups is 1. The fraction of sp³-hybridized carbons (Fsp3) is 0.875. The number of carbonyl (C=O) groups is 1. The first-order valence-corrected chi connectivity index (χ1v) is 6.57. The van der Waals surface area contributed by atoms with E-state index in [-0.39, 0.29) is 6.61 Å². The Morgan fingerprint density at radius 3 is 1.67 bits per heavy atom. The van der Waals surface area contributed by atoms with E-state index in [0.717, 1.165) is 55.9 Å². The molecule has 0 bridgehead atoms. The molecule has 0 saturated carbocycles. The maximum Gasteiger partial charge on any atom is 0.0402 e. The van der Waals surface area contributed by atoms with Crippen molar-refractivity contribution in [3.63, 3.8) is 0 Å². The molecule has 12 heavy (non-hydrogen) atoms. The zero-order valence-electron chi connectivity index (χ0n) is 8.63. The van der Waals surface area contributed by atoms with Crippen LogP contribution in [0, 0.1) is 0 Å². The summed E-state index contributed by atoms with van der Waals surface area (Å²) in [6, 6.07) is 0. The Balaban J connectivity index is -0.000000105. The minimum atomic E-state index is -0.833. The quantitative estimate of drug-likeness (QED) is 0.667.